The van der Waals surface area contributed by atoms with Crippen LogP contribution in [0.25, 0.3) is 11.3 Å². The largest absolute Gasteiger partial charge is 0.497 e. The molecule has 1 saturated heterocycles. The molecule has 1 aromatic carbocycles. The second-order valence-corrected chi connectivity index (χ2v) is 6.02. The van der Waals surface area contributed by atoms with Crippen LogP contribution in [0.5, 0.6) is 5.75 Å². The van der Waals surface area contributed by atoms with Crippen molar-refractivity contribution >= 4 is 5.91 Å². The summed E-state index contributed by atoms with van der Waals surface area (Å²) in [7, 11) is 1.63. The lowest BCUT2D eigenvalue weighted by Crippen LogP contribution is -2.28. The van der Waals surface area contributed by atoms with E-state index in [9.17, 15) is 4.79 Å². The van der Waals surface area contributed by atoms with Crippen LogP contribution in [0, 0.1) is 5.92 Å². The van der Waals surface area contributed by atoms with Crippen LogP contribution < -0.4 is 10.1 Å². The van der Waals surface area contributed by atoms with E-state index in [-0.39, 0.29) is 5.91 Å². The van der Waals surface area contributed by atoms with Crippen LogP contribution in [0.4, 0.5) is 0 Å². The molecular weight excluding hydrogens is 306 g/mol. The Bertz CT molecular complexity index is 660. The van der Waals surface area contributed by atoms with E-state index in [0.717, 1.165) is 43.1 Å². The fraction of sp³-hybridized carbons (Fsp3) is 0.444. The Kier molecular flexibility index (Phi) is 5.48. The van der Waals surface area contributed by atoms with Gasteiger partial charge in [-0.2, -0.15) is 5.10 Å². The van der Waals surface area contributed by atoms with E-state index in [1.807, 2.05) is 24.3 Å². The van der Waals surface area contributed by atoms with Crippen molar-refractivity contribution in [2.75, 3.05) is 26.9 Å². The summed E-state index contributed by atoms with van der Waals surface area (Å²) in [5, 5.41) is 9.96. The molecule has 0 radical (unpaired) electrons. The summed E-state index contributed by atoms with van der Waals surface area (Å²) in [6.07, 6.45) is 3.25. The number of nitrogens with one attached hydrogen (secondary N) is 2. The van der Waals surface area contributed by atoms with Crippen molar-refractivity contribution in [3.63, 3.8) is 0 Å². The third-order valence-corrected chi connectivity index (χ3v) is 4.30. The molecule has 3 rings (SSSR count). The molecule has 6 heteroatoms. The lowest BCUT2D eigenvalue weighted by Gasteiger charge is -2.21. The van der Waals surface area contributed by atoms with Gasteiger partial charge in [0, 0.05) is 25.3 Å². The van der Waals surface area contributed by atoms with Crippen LogP contribution in [0.2, 0.25) is 0 Å². The Balaban J connectivity index is 1.53. The number of benzene rings is 1. The van der Waals surface area contributed by atoms with E-state index in [1.54, 1.807) is 13.2 Å². The quantitative estimate of drug-likeness (QED) is 0.854. The van der Waals surface area contributed by atoms with Gasteiger partial charge in [0.25, 0.3) is 5.91 Å². The smallest absolute Gasteiger partial charge is 0.269 e. The molecule has 1 aliphatic rings. The molecule has 0 saturated carbocycles. The average molecular weight is 329 g/mol. The van der Waals surface area contributed by atoms with Gasteiger partial charge in [-0.15, -0.1) is 0 Å². The molecule has 2 N–H and O–H groups in total. The van der Waals surface area contributed by atoms with Gasteiger partial charge in [0.2, 0.25) is 0 Å². The van der Waals surface area contributed by atoms with Crippen LogP contribution in [0.1, 0.15) is 29.8 Å². The highest BCUT2D eigenvalue weighted by molar-refractivity contribution is 5.93. The van der Waals surface area contributed by atoms with Crippen LogP contribution in [0.3, 0.4) is 0 Å². The molecular formula is C18H23N3O3. The van der Waals surface area contributed by atoms with Crippen LogP contribution >= 0.6 is 0 Å². The number of methoxy groups -OCH3 is 1. The molecule has 0 bridgehead atoms. The minimum absolute atomic E-state index is 0.126. The average Bonchev–Trinajstić information content (AvgIpc) is 3.13. The summed E-state index contributed by atoms with van der Waals surface area (Å²) >= 11 is 0. The number of aromatic nitrogens is 2. The highest BCUT2D eigenvalue weighted by atomic mass is 16.5. The molecule has 1 aromatic heterocycles. The van der Waals surface area contributed by atoms with Crippen molar-refractivity contribution in [3.8, 4) is 17.0 Å². The fourth-order valence-electron chi connectivity index (χ4n) is 2.87. The molecule has 1 unspecified atom stereocenters. The molecule has 2 aromatic rings. The number of nitrogens with zero attached hydrogens (tertiary/aromatic N) is 1. The SMILES string of the molecule is COc1ccc(-c2cc(C(=O)NCCC3CCCOC3)[nH]n2)cc1. The van der Waals surface area contributed by atoms with Crippen LogP contribution in [0.15, 0.2) is 30.3 Å². The van der Waals surface area contributed by atoms with Crippen LogP contribution in [-0.4, -0.2) is 43.0 Å². The molecule has 24 heavy (non-hydrogen) atoms. The lowest BCUT2D eigenvalue weighted by atomic mass is 9.99. The monoisotopic (exact) mass is 329 g/mol. The number of amides is 1. The first-order valence-electron chi connectivity index (χ1n) is 8.32. The molecule has 6 nitrogen and oxygen atoms in total. The molecule has 0 spiro atoms. The maximum Gasteiger partial charge on any atom is 0.269 e. The maximum atomic E-state index is 12.2. The Morgan fingerprint density at radius 3 is 2.96 bits per heavy atom. The Labute approximate surface area is 141 Å². The minimum atomic E-state index is -0.126. The molecule has 0 aliphatic carbocycles. The number of H-pyrrole nitrogens is 1. The zero-order valence-corrected chi connectivity index (χ0v) is 13.9. The highest BCUT2D eigenvalue weighted by Crippen LogP contribution is 2.21. The van der Waals surface area contributed by atoms with E-state index in [4.69, 9.17) is 9.47 Å². The molecule has 1 fully saturated rings. The van der Waals surface area contributed by atoms with E-state index in [0.29, 0.717) is 18.2 Å². The number of carbonyl (C=O) groups is 1. The Hall–Kier alpha value is -2.34. The van der Waals surface area contributed by atoms with Crippen molar-refractivity contribution in [1.82, 2.24) is 15.5 Å². The van der Waals surface area contributed by atoms with Gasteiger partial charge in [-0.1, -0.05) is 0 Å². The standard InChI is InChI=1S/C18H23N3O3/c1-23-15-6-4-14(5-7-15)16-11-17(21-20-16)18(22)19-9-8-13-3-2-10-24-12-13/h4-7,11,13H,2-3,8-10,12H2,1H3,(H,19,22)(H,20,21). The second kappa shape index (κ2) is 7.97. The van der Waals surface area contributed by atoms with E-state index >= 15 is 0 Å². The van der Waals surface area contributed by atoms with Gasteiger partial charge in [-0.25, -0.2) is 0 Å². The number of hydrogen-bond donors (Lipinski definition) is 2. The van der Waals surface area contributed by atoms with Gasteiger partial charge >= 0.3 is 0 Å². The van der Waals surface area contributed by atoms with Crippen molar-refractivity contribution in [3.05, 3.63) is 36.0 Å². The first-order valence-corrected chi connectivity index (χ1v) is 8.32. The third kappa shape index (κ3) is 4.14. The second-order valence-electron chi connectivity index (χ2n) is 6.02. The van der Waals surface area contributed by atoms with Gasteiger partial charge in [0.15, 0.2) is 0 Å². The van der Waals surface area contributed by atoms with Crippen molar-refractivity contribution in [2.45, 2.75) is 19.3 Å². The zero-order valence-electron chi connectivity index (χ0n) is 13.9. The van der Waals surface area contributed by atoms with Crippen molar-refractivity contribution < 1.29 is 14.3 Å². The number of carbonyl (C=O) groups excluding carboxylic acids is 1. The summed E-state index contributed by atoms with van der Waals surface area (Å²) in [4.78, 5) is 12.2. The summed E-state index contributed by atoms with van der Waals surface area (Å²) in [6.45, 7) is 2.33. The summed E-state index contributed by atoms with van der Waals surface area (Å²) < 4.78 is 10.6. The van der Waals surface area contributed by atoms with E-state index in [2.05, 4.69) is 15.5 Å². The van der Waals surface area contributed by atoms with E-state index in [1.165, 1.54) is 6.42 Å². The molecule has 1 amide bonds. The summed E-state index contributed by atoms with van der Waals surface area (Å²) in [5.41, 5.74) is 2.15. The molecule has 1 aliphatic heterocycles. The topological polar surface area (TPSA) is 76.2 Å². The summed E-state index contributed by atoms with van der Waals surface area (Å²) in [6, 6.07) is 9.34. The fourth-order valence-corrected chi connectivity index (χ4v) is 2.87. The van der Waals surface area contributed by atoms with Gasteiger partial charge in [-0.05, 0) is 55.5 Å². The predicted molar refractivity (Wildman–Crippen MR) is 91.1 cm³/mol. The van der Waals surface area contributed by atoms with Gasteiger partial charge in [0.05, 0.1) is 12.8 Å². The first kappa shape index (κ1) is 16.5. The molecule has 128 valence electrons. The Morgan fingerprint density at radius 1 is 1.42 bits per heavy atom. The van der Waals surface area contributed by atoms with Crippen molar-refractivity contribution in [1.29, 1.82) is 0 Å². The highest BCUT2D eigenvalue weighted by Gasteiger charge is 2.15. The normalized spacial score (nSPS) is 17.5. The molecule has 2 heterocycles. The maximum absolute atomic E-state index is 12.2. The molecule has 1 atom stereocenters. The predicted octanol–water partition coefficient (Wildman–Crippen LogP) is 2.63. The third-order valence-electron chi connectivity index (χ3n) is 4.30. The number of hydrogen-bond acceptors (Lipinski definition) is 4. The van der Waals surface area contributed by atoms with Crippen LogP contribution in [-0.2, 0) is 4.74 Å². The van der Waals surface area contributed by atoms with Gasteiger partial charge in [0.1, 0.15) is 11.4 Å². The van der Waals surface area contributed by atoms with Gasteiger partial charge in [-0.3, -0.25) is 9.89 Å². The van der Waals surface area contributed by atoms with E-state index < -0.39 is 0 Å². The lowest BCUT2D eigenvalue weighted by molar-refractivity contribution is 0.0514. The number of rotatable bonds is 6. The first-order chi connectivity index (χ1) is 11.8. The minimum Gasteiger partial charge on any atom is -0.497 e. The van der Waals surface area contributed by atoms with Crippen molar-refractivity contribution in [2.24, 2.45) is 5.92 Å². The number of aromatic amines is 1. The number of ether oxygens (including phenoxy) is 2. The van der Waals surface area contributed by atoms with Gasteiger partial charge < -0.3 is 14.8 Å². The summed E-state index contributed by atoms with van der Waals surface area (Å²) in [5.74, 6) is 1.22. The zero-order chi connectivity index (χ0) is 16.8. The Morgan fingerprint density at radius 2 is 2.25 bits per heavy atom.